The summed E-state index contributed by atoms with van der Waals surface area (Å²) >= 11 is 0. The van der Waals surface area contributed by atoms with E-state index in [4.69, 9.17) is 0 Å². The van der Waals surface area contributed by atoms with Gasteiger partial charge in [-0.3, -0.25) is 10.4 Å². The summed E-state index contributed by atoms with van der Waals surface area (Å²) in [5.74, 6) is 0. The second-order valence-corrected chi connectivity index (χ2v) is 3.71. The summed E-state index contributed by atoms with van der Waals surface area (Å²) in [6.45, 7) is 1.13. The molecule has 0 radical (unpaired) electrons. The summed E-state index contributed by atoms with van der Waals surface area (Å²) in [4.78, 5) is 4.17. The van der Waals surface area contributed by atoms with Gasteiger partial charge < -0.3 is 0 Å². The molecule has 1 aromatic rings. The Morgan fingerprint density at radius 2 is 2.43 bits per heavy atom. The summed E-state index contributed by atoms with van der Waals surface area (Å²) in [6.07, 6.45) is 7.64. The van der Waals surface area contributed by atoms with Crippen LogP contribution in [0.5, 0.6) is 0 Å². The van der Waals surface area contributed by atoms with Crippen LogP contribution in [0, 0.1) is 0 Å². The molecule has 1 fully saturated rings. The predicted molar refractivity (Wildman–Crippen MR) is 56.6 cm³/mol. The van der Waals surface area contributed by atoms with Crippen molar-refractivity contribution in [3.8, 4) is 0 Å². The third-order valence-electron chi connectivity index (χ3n) is 2.86. The van der Waals surface area contributed by atoms with Gasteiger partial charge in [-0.2, -0.15) is 0 Å². The highest BCUT2D eigenvalue weighted by Crippen LogP contribution is 2.28. The van der Waals surface area contributed by atoms with Gasteiger partial charge >= 0.3 is 0 Å². The number of nitrogens with zero attached hydrogens (tertiary/aromatic N) is 2. The fraction of sp³-hybridized carbons (Fsp3) is 0.545. The van der Waals surface area contributed by atoms with Crippen molar-refractivity contribution in [2.75, 3.05) is 13.6 Å². The van der Waals surface area contributed by atoms with E-state index in [1.54, 1.807) is 0 Å². The lowest BCUT2D eigenvalue weighted by Crippen LogP contribution is -2.41. The van der Waals surface area contributed by atoms with E-state index in [-0.39, 0.29) is 0 Å². The maximum Gasteiger partial charge on any atom is 0.0508 e. The SMILES string of the molecule is CNN1CCCCC1c1cccnc1. The summed E-state index contributed by atoms with van der Waals surface area (Å²) in [5, 5.41) is 2.31. The fourth-order valence-electron chi connectivity index (χ4n) is 2.12. The largest absolute Gasteiger partial charge is 0.264 e. The Morgan fingerprint density at radius 3 is 3.14 bits per heavy atom. The molecule has 0 saturated carbocycles. The van der Waals surface area contributed by atoms with Crippen LogP contribution in [0.1, 0.15) is 30.9 Å². The van der Waals surface area contributed by atoms with Gasteiger partial charge in [0.15, 0.2) is 0 Å². The van der Waals surface area contributed by atoms with Gasteiger partial charge in [0.2, 0.25) is 0 Å². The van der Waals surface area contributed by atoms with Gasteiger partial charge in [0.25, 0.3) is 0 Å². The number of pyridine rings is 1. The summed E-state index contributed by atoms with van der Waals surface area (Å²) in [5.41, 5.74) is 4.58. The van der Waals surface area contributed by atoms with Crippen molar-refractivity contribution in [1.29, 1.82) is 0 Å². The number of piperidine rings is 1. The number of aromatic nitrogens is 1. The monoisotopic (exact) mass is 191 g/mol. The molecule has 1 aromatic heterocycles. The summed E-state index contributed by atoms with van der Waals surface area (Å²) < 4.78 is 0. The van der Waals surface area contributed by atoms with Gasteiger partial charge in [-0.25, -0.2) is 5.01 Å². The smallest absolute Gasteiger partial charge is 0.0508 e. The molecule has 0 bridgehead atoms. The molecule has 1 N–H and O–H groups in total. The zero-order valence-corrected chi connectivity index (χ0v) is 8.61. The van der Waals surface area contributed by atoms with E-state index in [2.05, 4.69) is 21.5 Å². The van der Waals surface area contributed by atoms with Gasteiger partial charge in [-0.1, -0.05) is 12.5 Å². The molecule has 14 heavy (non-hydrogen) atoms. The molecule has 76 valence electrons. The van der Waals surface area contributed by atoms with Crippen molar-refractivity contribution in [3.63, 3.8) is 0 Å². The van der Waals surface area contributed by atoms with Crippen LogP contribution in [-0.4, -0.2) is 23.6 Å². The Labute approximate surface area is 85.1 Å². The van der Waals surface area contributed by atoms with Crippen molar-refractivity contribution >= 4 is 0 Å². The molecule has 0 aliphatic carbocycles. The zero-order chi connectivity index (χ0) is 9.80. The highest BCUT2D eigenvalue weighted by Gasteiger charge is 2.22. The number of hydrazine groups is 1. The van der Waals surface area contributed by atoms with Gasteiger partial charge in [0, 0.05) is 18.9 Å². The van der Waals surface area contributed by atoms with Crippen LogP contribution >= 0.6 is 0 Å². The van der Waals surface area contributed by atoms with Crippen LogP contribution in [0.15, 0.2) is 24.5 Å². The Hall–Kier alpha value is -0.930. The van der Waals surface area contributed by atoms with Crippen LogP contribution in [-0.2, 0) is 0 Å². The molecule has 1 unspecified atom stereocenters. The molecule has 2 heterocycles. The van der Waals surface area contributed by atoms with Crippen molar-refractivity contribution in [2.24, 2.45) is 0 Å². The van der Waals surface area contributed by atoms with Crippen LogP contribution in [0.25, 0.3) is 0 Å². The maximum absolute atomic E-state index is 4.17. The van der Waals surface area contributed by atoms with E-state index in [1.807, 2.05) is 25.5 Å². The van der Waals surface area contributed by atoms with Gasteiger partial charge in [-0.15, -0.1) is 0 Å². The highest BCUT2D eigenvalue weighted by atomic mass is 15.5. The van der Waals surface area contributed by atoms with E-state index < -0.39 is 0 Å². The normalized spacial score (nSPS) is 23.6. The van der Waals surface area contributed by atoms with E-state index in [0.717, 1.165) is 6.54 Å². The van der Waals surface area contributed by atoms with Gasteiger partial charge in [0.1, 0.15) is 0 Å². The quantitative estimate of drug-likeness (QED) is 0.771. The summed E-state index contributed by atoms with van der Waals surface area (Å²) in [7, 11) is 1.99. The lowest BCUT2D eigenvalue weighted by Gasteiger charge is -2.34. The Bertz CT molecular complexity index is 273. The first-order valence-electron chi connectivity index (χ1n) is 5.26. The minimum Gasteiger partial charge on any atom is -0.264 e. The van der Waals surface area contributed by atoms with E-state index in [9.17, 15) is 0 Å². The molecule has 0 aromatic carbocycles. The van der Waals surface area contributed by atoms with Crippen LogP contribution in [0.3, 0.4) is 0 Å². The topological polar surface area (TPSA) is 28.2 Å². The molecular formula is C11H17N3. The molecule has 1 atom stereocenters. The molecule has 1 aliphatic rings. The standard InChI is InChI=1S/C11H17N3/c1-12-14-8-3-2-6-11(14)10-5-4-7-13-9-10/h4-5,7,9,11-12H,2-3,6,8H2,1H3. The third kappa shape index (κ3) is 1.94. The number of rotatable bonds is 2. The van der Waals surface area contributed by atoms with Crippen molar-refractivity contribution < 1.29 is 0 Å². The van der Waals surface area contributed by atoms with Gasteiger partial charge in [0.05, 0.1) is 6.04 Å². The second-order valence-electron chi connectivity index (χ2n) is 3.71. The first-order chi connectivity index (χ1) is 6.92. The number of hydrogen-bond acceptors (Lipinski definition) is 3. The van der Waals surface area contributed by atoms with Crippen LogP contribution < -0.4 is 5.43 Å². The molecule has 3 nitrogen and oxygen atoms in total. The average Bonchev–Trinajstić information content (AvgIpc) is 2.30. The molecule has 1 saturated heterocycles. The average molecular weight is 191 g/mol. The minimum absolute atomic E-state index is 0.502. The minimum atomic E-state index is 0.502. The van der Waals surface area contributed by atoms with Gasteiger partial charge in [-0.05, 0) is 31.5 Å². The van der Waals surface area contributed by atoms with Crippen LogP contribution in [0.2, 0.25) is 0 Å². The van der Waals surface area contributed by atoms with Crippen LogP contribution in [0.4, 0.5) is 0 Å². The Kier molecular flexibility index (Phi) is 3.11. The highest BCUT2D eigenvalue weighted by molar-refractivity contribution is 5.14. The predicted octanol–water partition coefficient (Wildman–Crippen LogP) is 1.74. The molecular weight excluding hydrogens is 174 g/mol. The number of hydrogen-bond donors (Lipinski definition) is 1. The lowest BCUT2D eigenvalue weighted by atomic mass is 9.98. The molecule has 2 rings (SSSR count). The Morgan fingerprint density at radius 1 is 1.50 bits per heavy atom. The first-order valence-corrected chi connectivity index (χ1v) is 5.26. The maximum atomic E-state index is 4.17. The molecule has 0 spiro atoms. The second kappa shape index (κ2) is 4.53. The van der Waals surface area contributed by atoms with Crippen molar-refractivity contribution in [2.45, 2.75) is 25.3 Å². The fourth-order valence-corrected chi connectivity index (χ4v) is 2.12. The number of nitrogens with one attached hydrogen (secondary N) is 1. The molecule has 1 aliphatic heterocycles. The molecule has 3 heteroatoms. The Balaban J connectivity index is 2.15. The first kappa shape index (κ1) is 9.62. The van der Waals surface area contributed by atoms with E-state index in [1.165, 1.54) is 24.8 Å². The summed E-state index contributed by atoms with van der Waals surface area (Å²) in [6, 6.07) is 4.67. The molecule has 0 amide bonds. The third-order valence-corrected chi connectivity index (χ3v) is 2.86. The van der Waals surface area contributed by atoms with E-state index >= 15 is 0 Å². The van der Waals surface area contributed by atoms with Crippen molar-refractivity contribution in [1.82, 2.24) is 15.4 Å². The van der Waals surface area contributed by atoms with Crippen molar-refractivity contribution in [3.05, 3.63) is 30.1 Å². The van der Waals surface area contributed by atoms with E-state index in [0.29, 0.717) is 6.04 Å². The lowest BCUT2D eigenvalue weighted by molar-refractivity contribution is 0.0982. The zero-order valence-electron chi connectivity index (χ0n) is 8.61.